The van der Waals surface area contributed by atoms with Gasteiger partial charge in [-0.25, -0.2) is 9.37 Å². The average Bonchev–Trinajstić information content (AvgIpc) is 3.19. The maximum atomic E-state index is 13.5. The van der Waals surface area contributed by atoms with Gasteiger partial charge in [0.15, 0.2) is 11.3 Å². The van der Waals surface area contributed by atoms with Crippen LogP contribution < -0.4 is 0 Å². The van der Waals surface area contributed by atoms with Gasteiger partial charge in [0.25, 0.3) is 5.91 Å². The van der Waals surface area contributed by atoms with Crippen LogP contribution in [0, 0.1) is 5.82 Å². The van der Waals surface area contributed by atoms with E-state index in [1.807, 2.05) is 26.8 Å². The first-order valence-electron chi connectivity index (χ1n) is 11.3. The van der Waals surface area contributed by atoms with E-state index in [1.54, 1.807) is 32.0 Å². The van der Waals surface area contributed by atoms with Gasteiger partial charge < -0.3 is 19.3 Å². The summed E-state index contributed by atoms with van der Waals surface area (Å²) in [6.07, 6.45) is 0. The van der Waals surface area contributed by atoms with Gasteiger partial charge >= 0.3 is 5.97 Å². The van der Waals surface area contributed by atoms with Crippen molar-refractivity contribution in [2.45, 2.75) is 45.6 Å². The Morgan fingerprint density at radius 1 is 1.14 bits per heavy atom. The van der Waals surface area contributed by atoms with Crippen LogP contribution in [0.1, 0.15) is 50.7 Å². The SMILES string of the molecule is CC(C)(C)c1cc(-c2ccc(F)cc2)nc2cc(C(=O)N3CCN(CC(=O)O)C(=O)C3(C)C)oc12. The largest absolute Gasteiger partial charge is 0.480 e. The molecule has 2 aromatic heterocycles. The number of carbonyl (C=O) groups is 3. The molecule has 0 saturated carbocycles. The van der Waals surface area contributed by atoms with Gasteiger partial charge in [0.2, 0.25) is 5.91 Å². The highest BCUT2D eigenvalue weighted by atomic mass is 19.1. The lowest BCUT2D eigenvalue weighted by Crippen LogP contribution is -2.65. The molecule has 3 aromatic rings. The summed E-state index contributed by atoms with van der Waals surface area (Å²) in [5.41, 5.74) is 1.56. The summed E-state index contributed by atoms with van der Waals surface area (Å²) in [4.78, 5) is 44.8. The summed E-state index contributed by atoms with van der Waals surface area (Å²) >= 11 is 0. The third-order valence-corrected chi connectivity index (χ3v) is 6.29. The zero-order valence-corrected chi connectivity index (χ0v) is 20.4. The van der Waals surface area contributed by atoms with Crippen LogP contribution >= 0.6 is 0 Å². The summed E-state index contributed by atoms with van der Waals surface area (Å²) in [7, 11) is 0. The Labute approximate surface area is 202 Å². The molecule has 3 heterocycles. The fourth-order valence-corrected chi connectivity index (χ4v) is 4.36. The van der Waals surface area contributed by atoms with Crippen molar-refractivity contribution in [3.8, 4) is 11.3 Å². The van der Waals surface area contributed by atoms with Crippen LogP contribution in [0.3, 0.4) is 0 Å². The highest BCUT2D eigenvalue weighted by Crippen LogP contribution is 2.35. The molecule has 1 saturated heterocycles. The van der Waals surface area contributed by atoms with Gasteiger partial charge in [0, 0.05) is 30.3 Å². The van der Waals surface area contributed by atoms with Gasteiger partial charge in [-0.2, -0.15) is 0 Å². The number of carboxylic acid groups (broad SMARTS) is 1. The van der Waals surface area contributed by atoms with Gasteiger partial charge in [0.05, 0.1) is 5.69 Å². The minimum atomic E-state index is -1.25. The minimum absolute atomic E-state index is 0.0433. The van der Waals surface area contributed by atoms with Crippen molar-refractivity contribution in [2.24, 2.45) is 0 Å². The Morgan fingerprint density at radius 2 is 1.80 bits per heavy atom. The number of carbonyl (C=O) groups excluding carboxylic acids is 2. The standard InChI is InChI=1S/C26H28FN3O5/c1-25(2,3)17-12-18(15-6-8-16(27)9-7-15)28-19-13-20(35-22(17)19)23(33)30-11-10-29(14-21(31)32)24(34)26(30,4)5/h6-9,12-13H,10-11,14H2,1-5H3,(H,31,32). The quantitative estimate of drug-likeness (QED) is 0.602. The number of nitrogens with zero attached hydrogens (tertiary/aromatic N) is 3. The molecule has 1 fully saturated rings. The Balaban J connectivity index is 1.75. The molecule has 0 radical (unpaired) electrons. The molecule has 8 nitrogen and oxygen atoms in total. The van der Waals surface area contributed by atoms with Crippen molar-refractivity contribution in [3.63, 3.8) is 0 Å². The Kier molecular flexibility index (Phi) is 5.91. The third-order valence-electron chi connectivity index (χ3n) is 6.29. The molecule has 0 bridgehead atoms. The first-order chi connectivity index (χ1) is 16.3. The van der Waals surface area contributed by atoms with Crippen LogP contribution in [0.2, 0.25) is 0 Å². The molecule has 184 valence electrons. The van der Waals surface area contributed by atoms with E-state index in [-0.39, 0.29) is 30.1 Å². The van der Waals surface area contributed by atoms with E-state index in [1.165, 1.54) is 21.9 Å². The molecule has 0 aliphatic carbocycles. The van der Waals surface area contributed by atoms with E-state index in [2.05, 4.69) is 4.98 Å². The molecule has 4 rings (SSSR count). The number of halogens is 1. The molecule has 1 aromatic carbocycles. The smallest absolute Gasteiger partial charge is 0.323 e. The van der Waals surface area contributed by atoms with Crippen molar-refractivity contribution in [2.75, 3.05) is 19.6 Å². The average molecular weight is 482 g/mol. The van der Waals surface area contributed by atoms with Crippen LogP contribution in [0.15, 0.2) is 40.8 Å². The van der Waals surface area contributed by atoms with Gasteiger partial charge in [-0.3, -0.25) is 14.4 Å². The number of aliphatic carboxylic acids is 1. The van der Waals surface area contributed by atoms with E-state index in [9.17, 15) is 18.8 Å². The molecule has 0 unspecified atom stereocenters. The number of hydrogen-bond acceptors (Lipinski definition) is 5. The number of fused-ring (bicyclic) bond motifs is 1. The van der Waals surface area contributed by atoms with Crippen LogP contribution in [0.25, 0.3) is 22.4 Å². The summed E-state index contributed by atoms with van der Waals surface area (Å²) in [5.74, 6) is -2.32. The van der Waals surface area contributed by atoms with E-state index in [0.29, 0.717) is 16.8 Å². The van der Waals surface area contributed by atoms with Gasteiger partial charge in [-0.15, -0.1) is 0 Å². The highest BCUT2D eigenvalue weighted by Gasteiger charge is 2.45. The van der Waals surface area contributed by atoms with Crippen LogP contribution in [0.5, 0.6) is 0 Å². The number of amides is 2. The number of rotatable bonds is 4. The van der Waals surface area contributed by atoms with E-state index < -0.39 is 29.9 Å². The predicted octanol–water partition coefficient (Wildman–Crippen LogP) is 4.08. The maximum Gasteiger partial charge on any atom is 0.323 e. The molecular weight excluding hydrogens is 453 g/mol. The molecule has 0 spiro atoms. The maximum absolute atomic E-state index is 13.5. The Bertz CT molecular complexity index is 1320. The first kappa shape index (κ1) is 24.4. The fraction of sp³-hybridized carbons (Fsp3) is 0.385. The molecule has 0 atom stereocenters. The summed E-state index contributed by atoms with van der Waals surface area (Å²) < 4.78 is 19.5. The molecule has 2 amide bonds. The highest BCUT2D eigenvalue weighted by molar-refractivity contribution is 6.01. The lowest BCUT2D eigenvalue weighted by molar-refractivity contribution is -0.153. The summed E-state index contributed by atoms with van der Waals surface area (Å²) in [5, 5.41) is 9.08. The second kappa shape index (κ2) is 8.48. The monoisotopic (exact) mass is 481 g/mol. The zero-order chi connectivity index (χ0) is 25.7. The van der Waals surface area contributed by atoms with E-state index in [0.717, 1.165) is 11.1 Å². The third kappa shape index (κ3) is 4.50. The Morgan fingerprint density at radius 3 is 2.40 bits per heavy atom. The lowest BCUT2D eigenvalue weighted by Gasteiger charge is -2.45. The molecule has 1 N–H and O–H groups in total. The number of aromatic nitrogens is 1. The molecular formula is C26H28FN3O5. The second-order valence-corrected chi connectivity index (χ2v) is 10.3. The molecule has 35 heavy (non-hydrogen) atoms. The van der Waals surface area contributed by atoms with Crippen molar-refractivity contribution in [1.82, 2.24) is 14.8 Å². The summed E-state index contributed by atoms with van der Waals surface area (Å²) in [6, 6.07) is 9.46. The van der Waals surface area contributed by atoms with Gasteiger partial charge in [0.1, 0.15) is 23.4 Å². The number of hydrogen-bond donors (Lipinski definition) is 1. The summed E-state index contributed by atoms with van der Waals surface area (Å²) in [6.45, 7) is 9.10. The van der Waals surface area contributed by atoms with Crippen molar-refractivity contribution < 1.29 is 28.3 Å². The van der Waals surface area contributed by atoms with Crippen molar-refractivity contribution >= 4 is 28.9 Å². The predicted molar refractivity (Wildman–Crippen MR) is 127 cm³/mol. The Hall–Kier alpha value is -3.75. The number of piperazine rings is 1. The van der Waals surface area contributed by atoms with Crippen LogP contribution in [0.4, 0.5) is 4.39 Å². The number of carboxylic acids is 1. The van der Waals surface area contributed by atoms with Gasteiger partial charge in [-0.05, 0) is 49.6 Å². The topological polar surface area (TPSA) is 104 Å². The molecule has 1 aliphatic heterocycles. The van der Waals surface area contributed by atoms with Crippen molar-refractivity contribution in [1.29, 1.82) is 0 Å². The van der Waals surface area contributed by atoms with Crippen molar-refractivity contribution in [3.05, 3.63) is 53.5 Å². The van der Waals surface area contributed by atoms with E-state index in [4.69, 9.17) is 9.52 Å². The normalized spacial score (nSPS) is 16.1. The fourth-order valence-electron chi connectivity index (χ4n) is 4.36. The number of pyridine rings is 1. The first-order valence-corrected chi connectivity index (χ1v) is 11.3. The molecule has 9 heteroatoms. The van der Waals surface area contributed by atoms with Crippen LogP contribution in [-0.4, -0.2) is 62.8 Å². The van der Waals surface area contributed by atoms with Crippen LogP contribution in [-0.2, 0) is 15.0 Å². The minimum Gasteiger partial charge on any atom is -0.480 e. The van der Waals surface area contributed by atoms with Gasteiger partial charge in [-0.1, -0.05) is 20.8 Å². The van der Waals surface area contributed by atoms with E-state index >= 15 is 0 Å². The lowest BCUT2D eigenvalue weighted by atomic mass is 9.86. The number of furan rings is 1. The zero-order valence-electron chi connectivity index (χ0n) is 20.4. The molecule has 1 aliphatic rings. The number of benzene rings is 1. The second-order valence-electron chi connectivity index (χ2n) is 10.3.